The molecular weight excluding hydrogens is 444 g/mol. The third-order valence-corrected chi connectivity index (χ3v) is 6.62. The van der Waals surface area contributed by atoms with Crippen molar-refractivity contribution in [3.63, 3.8) is 0 Å². The van der Waals surface area contributed by atoms with Crippen LogP contribution in [-0.2, 0) is 16.1 Å². The van der Waals surface area contributed by atoms with Crippen LogP contribution in [0.15, 0.2) is 40.8 Å². The van der Waals surface area contributed by atoms with Crippen LogP contribution < -0.4 is 20.3 Å². The Bertz CT molecular complexity index is 1160. The molecule has 10 heteroatoms. The third-order valence-electron chi connectivity index (χ3n) is 5.80. The quantitative estimate of drug-likeness (QED) is 0.509. The standard InChI is InChI=1S/C23H28N4O5S/c1-30-19-4-3-16(13-20(19)31-2)18(26-8-10-32-11-9-26)14-24-21(28)5-7-27-15-25-22-17(23(27)29)6-12-33-22/h3-4,6,12-13,15,18H,5,7-11,14H2,1-2H3,(H,24,28)/t18-/m1/s1. The van der Waals surface area contributed by atoms with Crippen LogP contribution in [0.5, 0.6) is 11.5 Å². The van der Waals surface area contributed by atoms with E-state index in [-0.39, 0.29) is 30.5 Å². The van der Waals surface area contributed by atoms with Gasteiger partial charge in [-0.1, -0.05) is 6.07 Å². The number of ether oxygens (including phenoxy) is 3. The highest BCUT2D eigenvalue weighted by Crippen LogP contribution is 2.32. The number of fused-ring (bicyclic) bond motifs is 1. The van der Waals surface area contributed by atoms with Gasteiger partial charge >= 0.3 is 0 Å². The SMILES string of the molecule is COc1ccc([C@@H](CNC(=O)CCn2cnc3sccc3c2=O)N2CCOCC2)cc1OC. The summed E-state index contributed by atoms with van der Waals surface area (Å²) in [5.74, 6) is 1.19. The van der Waals surface area contributed by atoms with E-state index in [1.54, 1.807) is 20.3 Å². The minimum atomic E-state index is -0.120. The molecule has 1 amide bonds. The Morgan fingerprint density at radius 2 is 2.00 bits per heavy atom. The van der Waals surface area contributed by atoms with Crippen LogP contribution in [0.2, 0.25) is 0 Å². The first-order valence-electron chi connectivity index (χ1n) is 10.8. The molecule has 4 rings (SSSR count). The Balaban J connectivity index is 1.43. The van der Waals surface area contributed by atoms with E-state index in [0.717, 1.165) is 18.7 Å². The summed E-state index contributed by atoms with van der Waals surface area (Å²) in [5.41, 5.74) is 0.906. The van der Waals surface area contributed by atoms with Gasteiger partial charge in [-0.2, -0.15) is 0 Å². The predicted octanol–water partition coefficient (Wildman–Crippen LogP) is 2.05. The summed E-state index contributed by atoms with van der Waals surface area (Å²) in [6.45, 7) is 3.57. The van der Waals surface area contributed by atoms with Gasteiger partial charge in [0.1, 0.15) is 4.83 Å². The number of benzene rings is 1. The van der Waals surface area contributed by atoms with E-state index >= 15 is 0 Å². The zero-order chi connectivity index (χ0) is 23.2. The van der Waals surface area contributed by atoms with Crippen molar-refractivity contribution >= 4 is 27.5 Å². The Morgan fingerprint density at radius 1 is 1.21 bits per heavy atom. The smallest absolute Gasteiger partial charge is 0.262 e. The molecule has 0 bridgehead atoms. The van der Waals surface area contributed by atoms with Gasteiger partial charge in [-0.15, -0.1) is 11.3 Å². The average Bonchev–Trinajstić information content (AvgIpc) is 3.34. The minimum absolute atomic E-state index is 0.0378. The van der Waals surface area contributed by atoms with Crippen molar-refractivity contribution in [3.05, 3.63) is 51.9 Å². The number of hydrogen-bond acceptors (Lipinski definition) is 8. The third kappa shape index (κ3) is 5.35. The van der Waals surface area contributed by atoms with E-state index in [4.69, 9.17) is 14.2 Å². The number of thiophene rings is 1. The molecular formula is C23H28N4O5S. The van der Waals surface area contributed by atoms with Gasteiger partial charge < -0.3 is 19.5 Å². The van der Waals surface area contributed by atoms with Crippen molar-refractivity contribution in [1.82, 2.24) is 19.8 Å². The fourth-order valence-electron chi connectivity index (χ4n) is 3.98. The van der Waals surface area contributed by atoms with Gasteiger partial charge in [0.25, 0.3) is 5.56 Å². The number of nitrogens with one attached hydrogen (secondary N) is 1. The van der Waals surface area contributed by atoms with Crippen molar-refractivity contribution < 1.29 is 19.0 Å². The highest BCUT2D eigenvalue weighted by Gasteiger charge is 2.24. The van der Waals surface area contributed by atoms with Crippen molar-refractivity contribution in [3.8, 4) is 11.5 Å². The van der Waals surface area contributed by atoms with Gasteiger partial charge in [-0.05, 0) is 29.1 Å². The predicted molar refractivity (Wildman–Crippen MR) is 126 cm³/mol. The molecule has 3 heterocycles. The van der Waals surface area contributed by atoms with E-state index in [9.17, 15) is 9.59 Å². The first kappa shape index (κ1) is 23.2. The maximum absolute atomic E-state index is 12.7. The number of nitrogens with zero attached hydrogens (tertiary/aromatic N) is 3. The fourth-order valence-corrected chi connectivity index (χ4v) is 4.70. The lowest BCUT2D eigenvalue weighted by atomic mass is 10.0. The first-order valence-corrected chi connectivity index (χ1v) is 11.7. The number of methoxy groups -OCH3 is 2. The lowest BCUT2D eigenvalue weighted by Gasteiger charge is -2.35. The van der Waals surface area contributed by atoms with Crippen LogP contribution in [0.25, 0.3) is 10.2 Å². The van der Waals surface area contributed by atoms with Gasteiger partial charge in [0.05, 0.1) is 45.2 Å². The average molecular weight is 473 g/mol. The highest BCUT2D eigenvalue weighted by molar-refractivity contribution is 7.16. The molecule has 1 aromatic carbocycles. The maximum atomic E-state index is 12.7. The Kier molecular flexibility index (Phi) is 7.58. The largest absolute Gasteiger partial charge is 0.493 e. The molecule has 1 aliphatic rings. The normalized spacial score (nSPS) is 15.3. The molecule has 0 unspecified atom stereocenters. The van der Waals surface area contributed by atoms with Crippen molar-refractivity contribution in [2.75, 3.05) is 47.1 Å². The summed E-state index contributed by atoms with van der Waals surface area (Å²) in [5, 5.41) is 5.47. The van der Waals surface area contributed by atoms with Gasteiger partial charge in [-0.3, -0.25) is 19.1 Å². The molecule has 0 saturated carbocycles. The number of hydrogen-bond donors (Lipinski definition) is 1. The number of aromatic nitrogens is 2. The molecule has 3 aromatic rings. The number of carbonyl (C=O) groups is 1. The van der Waals surface area contributed by atoms with Crippen LogP contribution in [0.4, 0.5) is 0 Å². The van der Waals surface area contributed by atoms with Gasteiger partial charge in [-0.25, -0.2) is 4.98 Å². The van der Waals surface area contributed by atoms with Crippen LogP contribution in [0.1, 0.15) is 18.0 Å². The number of aryl methyl sites for hydroxylation is 1. The van der Waals surface area contributed by atoms with Gasteiger partial charge in [0.15, 0.2) is 11.5 Å². The van der Waals surface area contributed by atoms with Crippen molar-refractivity contribution in [2.45, 2.75) is 19.0 Å². The summed E-state index contributed by atoms with van der Waals surface area (Å²) in [6.07, 6.45) is 1.70. The Hall–Kier alpha value is -2.95. The molecule has 2 aromatic heterocycles. The zero-order valence-corrected chi connectivity index (χ0v) is 19.6. The van der Waals surface area contributed by atoms with E-state index in [2.05, 4.69) is 15.2 Å². The second-order valence-corrected chi connectivity index (χ2v) is 8.61. The second kappa shape index (κ2) is 10.8. The van der Waals surface area contributed by atoms with Crippen molar-refractivity contribution in [2.24, 2.45) is 0 Å². The van der Waals surface area contributed by atoms with Crippen LogP contribution in [-0.4, -0.2) is 67.4 Å². The van der Waals surface area contributed by atoms with Gasteiger partial charge in [0, 0.05) is 32.6 Å². The maximum Gasteiger partial charge on any atom is 0.262 e. The van der Waals surface area contributed by atoms with Gasteiger partial charge in [0.2, 0.25) is 5.91 Å². The molecule has 0 spiro atoms. The molecule has 0 aliphatic carbocycles. The lowest BCUT2D eigenvalue weighted by molar-refractivity contribution is -0.121. The first-order chi connectivity index (χ1) is 16.1. The number of rotatable bonds is 9. The number of carbonyl (C=O) groups excluding carboxylic acids is 1. The molecule has 1 N–H and O–H groups in total. The second-order valence-electron chi connectivity index (χ2n) is 7.72. The molecule has 176 valence electrons. The molecule has 1 atom stereocenters. The molecule has 9 nitrogen and oxygen atoms in total. The Labute approximate surface area is 195 Å². The van der Waals surface area contributed by atoms with E-state index < -0.39 is 0 Å². The molecule has 1 fully saturated rings. The number of amides is 1. The summed E-state index contributed by atoms with van der Waals surface area (Å²) < 4.78 is 17.8. The summed E-state index contributed by atoms with van der Waals surface area (Å²) in [6, 6.07) is 7.55. The molecule has 1 saturated heterocycles. The Morgan fingerprint density at radius 3 is 2.76 bits per heavy atom. The van der Waals surface area contributed by atoms with E-state index in [0.29, 0.717) is 41.5 Å². The summed E-state index contributed by atoms with van der Waals surface area (Å²) in [4.78, 5) is 32.5. The monoisotopic (exact) mass is 472 g/mol. The lowest BCUT2D eigenvalue weighted by Crippen LogP contribution is -2.44. The molecule has 0 radical (unpaired) electrons. The topological polar surface area (TPSA) is 94.9 Å². The minimum Gasteiger partial charge on any atom is -0.493 e. The van der Waals surface area contributed by atoms with Crippen LogP contribution in [0.3, 0.4) is 0 Å². The molecule has 1 aliphatic heterocycles. The highest BCUT2D eigenvalue weighted by atomic mass is 32.1. The van der Waals surface area contributed by atoms with Crippen molar-refractivity contribution in [1.29, 1.82) is 0 Å². The summed E-state index contributed by atoms with van der Waals surface area (Å²) >= 11 is 1.43. The zero-order valence-electron chi connectivity index (χ0n) is 18.8. The number of morpholine rings is 1. The van der Waals surface area contributed by atoms with E-state index in [1.807, 2.05) is 23.6 Å². The van der Waals surface area contributed by atoms with E-state index in [1.165, 1.54) is 22.2 Å². The summed E-state index contributed by atoms with van der Waals surface area (Å²) in [7, 11) is 3.21. The van der Waals surface area contributed by atoms with Crippen LogP contribution >= 0.6 is 11.3 Å². The fraction of sp³-hybridized carbons (Fsp3) is 0.435. The molecule has 33 heavy (non-hydrogen) atoms. The van der Waals surface area contributed by atoms with Crippen LogP contribution in [0, 0.1) is 0 Å².